The molecule has 0 bridgehead atoms. The van der Waals surface area contributed by atoms with E-state index in [2.05, 4.69) is 5.32 Å². The molecule has 4 heteroatoms. The van der Waals surface area contributed by atoms with Crippen molar-refractivity contribution >= 4 is 17.3 Å². The first-order chi connectivity index (χ1) is 5.66. The monoisotopic (exact) mass is 166 g/mol. The van der Waals surface area contributed by atoms with Crippen molar-refractivity contribution in [2.24, 2.45) is 0 Å². The van der Waals surface area contributed by atoms with Crippen molar-refractivity contribution in [3.63, 3.8) is 0 Å². The molecule has 1 amide bonds. The van der Waals surface area contributed by atoms with Gasteiger partial charge in [0, 0.05) is 5.69 Å². The standard InChI is InChI=1S/C8H7FN2O/c9-5-3-7-4(1-6(5)10)2-8(12)11-7/h1,3H,2,10H2,(H,11,12). The Hall–Kier alpha value is -1.58. The molecule has 1 aliphatic heterocycles. The average Bonchev–Trinajstić information content (AvgIpc) is 2.30. The van der Waals surface area contributed by atoms with Crippen molar-refractivity contribution in [3.8, 4) is 0 Å². The first-order valence-electron chi connectivity index (χ1n) is 3.54. The average molecular weight is 166 g/mol. The second-order valence-electron chi connectivity index (χ2n) is 2.76. The Bertz CT molecular complexity index is 329. The lowest BCUT2D eigenvalue weighted by atomic mass is 10.1. The van der Waals surface area contributed by atoms with Crippen LogP contribution in [0.25, 0.3) is 0 Å². The van der Waals surface area contributed by atoms with Gasteiger partial charge in [-0.25, -0.2) is 4.39 Å². The molecule has 0 aromatic heterocycles. The highest BCUT2D eigenvalue weighted by molar-refractivity contribution is 5.99. The van der Waals surface area contributed by atoms with Crippen LogP contribution in [0.2, 0.25) is 0 Å². The summed E-state index contributed by atoms with van der Waals surface area (Å²) in [5, 5.41) is 2.53. The largest absolute Gasteiger partial charge is 0.396 e. The van der Waals surface area contributed by atoms with E-state index in [1.807, 2.05) is 0 Å². The lowest BCUT2D eigenvalue weighted by molar-refractivity contribution is -0.115. The number of carbonyl (C=O) groups excluding carboxylic acids is 1. The first kappa shape index (κ1) is 7.09. The van der Waals surface area contributed by atoms with Crippen LogP contribution in [-0.4, -0.2) is 5.91 Å². The molecule has 0 aliphatic carbocycles. The van der Waals surface area contributed by atoms with Gasteiger partial charge in [0.2, 0.25) is 5.91 Å². The predicted molar refractivity (Wildman–Crippen MR) is 43.1 cm³/mol. The molecule has 0 saturated heterocycles. The lowest BCUT2D eigenvalue weighted by Gasteiger charge is -2.00. The van der Waals surface area contributed by atoms with E-state index < -0.39 is 5.82 Å². The SMILES string of the molecule is Nc1cc2c(cc1F)NC(=O)C2. The molecule has 0 atom stereocenters. The number of amides is 1. The summed E-state index contributed by atoms with van der Waals surface area (Å²) in [6.45, 7) is 0. The third-order valence-corrected chi connectivity index (χ3v) is 1.85. The van der Waals surface area contributed by atoms with E-state index in [0.717, 1.165) is 5.56 Å². The molecule has 0 fully saturated rings. The molecule has 0 radical (unpaired) electrons. The Morgan fingerprint density at radius 1 is 1.50 bits per heavy atom. The van der Waals surface area contributed by atoms with Gasteiger partial charge in [0.15, 0.2) is 0 Å². The van der Waals surface area contributed by atoms with Gasteiger partial charge in [0.05, 0.1) is 12.1 Å². The lowest BCUT2D eigenvalue weighted by Crippen LogP contribution is -2.03. The number of hydrogen-bond acceptors (Lipinski definition) is 2. The molecule has 2 rings (SSSR count). The highest BCUT2D eigenvalue weighted by atomic mass is 19.1. The summed E-state index contributed by atoms with van der Waals surface area (Å²) in [6, 6.07) is 2.73. The fourth-order valence-electron chi connectivity index (χ4n) is 1.27. The molecule has 1 aromatic rings. The van der Waals surface area contributed by atoms with E-state index in [1.54, 1.807) is 0 Å². The Balaban J connectivity index is 2.55. The zero-order valence-corrected chi connectivity index (χ0v) is 6.23. The summed E-state index contributed by atoms with van der Waals surface area (Å²) in [7, 11) is 0. The van der Waals surface area contributed by atoms with E-state index in [-0.39, 0.29) is 11.6 Å². The van der Waals surface area contributed by atoms with E-state index in [0.29, 0.717) is 12.1 Å². The Kier molecular flexibility index (Phi) is 1.30. The number of rotatable bonds is 0. The van der Waals surface area contributed by atoms with Crippen molar-refractivity contribution in [1.82, 2.24) is 0 Å². The zero-order valence-electron chi connectivity index (χ0n) is 6.23. The molecule has 0 saturated carbocycles. The topological polar surface area (TPSA) is 55.1 Å². The number of fused-ring (bicyclic) bond motifs is 1. The molecule has 0 unspecified atom stereocenters. The molecule has 1 heterocycles. The number of nitrogen functional groups attached to an aromatic ring is 1. The summed E-state index contributed by atoms with van der Waals surface area (Å²) >= 11 is 0. The van der Waals surface area contributed by atoms with Gasteiger partial charge in [0.25, 0.3) is 0 Å². The second-order valence-corrected chi connectivity index (χ2v) is 2.76. The zero-order chi connectivity index (χ0) is 8.72. The minimum atomic E-state index is -0.490. The Labute approximate surface area is 68.4 Å². The van der Waals surface area contributed by atoms with Crippen LogP contribution in [-0.2, 0) is 11.2 Å². The molecule has 0 spiro atoms. The second kappa shape index (κ2) is 2.20. The molecule has 1 aliphatic rings. The number of nitrogens with two attached hydrogens (primary N) is 1. The predicted octanol–water partition coefficient (Wildman–Crippen LogP) is 0.903. The third kappa shape index (κ3) is 0.922. The molecular formula is C8H7FN2O. The van der Waals surface area contributed by atoms with Gasteiger partial charge in [-0.3, -0.25) is 4.79 Å². The molecule has 3 N–H and O–H groups in total. The fraction of sp³-hybridized carbons (Fsp3) is 0.125. The van der Waals surface area contributed by atoms with Crippen LogP contribution >= 0.6 is 0 Å². The van der Waals surface area contributed by atoms with Crippen molar-refractivity contribution < 1.29 is 9.18 Å². The van der Waals surface area contributed by atoms with Crippen molar-refractivity contribution in [2.45, 2.75) is 6.42 Å². The maximum atomic E-state index is 12.8. The number of hydrogen-bond donors (Lipinski definition) is 2. The van der Waals surface area contributed by atoms with E-state index in [1.165, 1.54) is 12.1 Å². The number of carbonyl (C=O) groups is 1. The maximum Gasteiger partial charge on any atom is 0.228 e. The summed E-state index contributed by atoms with van der Waals surface area (Å²) in [6.07, 6.45) is 0.291. The minimum absolute atomic E-state index is 0.0882. The van der Waals surface area contributed by atoms with Gasteiger partial charge < -0.3 is 11.1 Å². The molecule has 3 nitrogen and oxygen atoms in total. The van der Waals surface area contributed by atoms with Crippen molar-refractivity contribution in [2.75, 3.05) is 11.1 Å². The van der Waals surface area contributed by atoms with Crippen molar-refractivity contribution in [1.29, 1.82) is 0 Å². The van der Waals surface area contributed by atoms with Gasteiger partial charge >= 0.3 is 0 Å². The van der Waals surface area contributed by atoms with Gasteiger partial charge in [0.1, 0.15) is 5.82 Å². The van der Waals surface area contributed by atoms with Crippen LogP contribution in [0.3, 0.4) is 0 Å². The number of anilines is 2. The minimum Gasteiger partial charge on any atom is -0.396 e. The van der Waals surface area contributed by atoms with Crippen LogP contribution in [0.4, 0.5) is 15.8 Å². The smallest absolute Gasteiger partial charge is 0.228 e. The van der Waals surface area contributed by atoms with E-state index in [9.17, 15) is 9.18 Å². The highest BCUT2D eigenvalue weighted by Crippen LogP contribution is 2.26. The molecular weight excluding hydrogens is 159 g/mol. The normalized spacial score (nSPS) is 14.2. The van der Waals surface area contributed by atoms with Crippen molar-refractivity contribution in [3.05, 3.63) is 23.5 Å². The van der Waals surface area contributed by atoms with Gasteiger partial charge in [-0.1, -0.05) is 0 Å². The first-order valence-corrected chi connectivity index (χ1v) is 3.54. The van der Waals surface area contributed by atoms with Crippen LogP contribution in [0.15, 0.2) is 12.1 Å². The third-order valence-electron chi connectivity index (χ3n) is 1.85. The summed E-state index contributed by atoms with van der Waals surface area (Å²) in [5.74, 6) is -0.606. The maximum absolute atomic E-state index is 12.8. The number of benzene rings is 1. The van der Waals surface area contributed by atoms with Gasteiger partial charge in [-0.2, -0.15) is 0 Å². The summed E-state index contributed by atoms with van der Waals surface area (Å²) < 4.78 is 12.8. The van der Waals surface area contributed by atoms with Gasteiger partial charge in [-0.05, 0) is 17.7 Å². The van der Waals surface area contributed by atoms with E-state index >= 15 is 0 Å². The summed E-state index contributed by atoms with van der Waals surface area (Å²) in [4.78, 5) is 10.8. The Morgan fingerprint density at radius 3 is 3.00 bits per heavy atom. The summed E-state index contributed by atoms with van der Waals surface area (Å²) in [5.41, 5.74) is 6.71. The highest BCUT2D eigenvalue weighted by Gasteiger charge is 2.18. The molecule has 1 aromatic carbocycles. The van der Waals surface area contributed by atoms with Gasteiger partial charge in [-0.15, -0.1) is 0 Å². The quantitative estimate of drug-likeness (QED) is 0.562. The Morgan fingerprint density at radius 2 is 2.25 bits per heavy atom. The van der Waals surface area contributed by atoms with Crippen LogP contribution in [0, 0.1) is 5.82 Å². The van der Waals surface area contributed by atoms with E-state index in [4.69, 9.17) is 5.73 Å². The number of halogens is 1. The molecule has 62 valence electrons. The fourth-order valence-corrected chi connectivity index (χ4v) is 1.27. The van der Waals surface area contributed by atoms with Crippen LogP contribution < -0.4 is 11.1 Å². The van der Waals surface area contributed by atoms with Crippen LogP contribution in [0.5, 0.6) is 0 Å². The number of nitrogens with one attached hydrogen (secondary N) is 1. The molecule has 12 heavy (non-hydrogen) atoms. The van der Waals surface area contributed by atoms with Crippen LogP contribution in [0.1, 0.15) is 5.56 Å².